The zero-order valence-electron chi connectivity index (χ0n) is 19.7. The summed E-state index contributed by atoms with van der Waals surface area (Å²) in [4.78, 5) is 24.4. The van der Waals surface area contributed by atoms with Crippen molar-refractivity contribution in [2.45, 2.75) is 24.8 Å². The minimum atomic E-state index is -0.695. The number of anilines is 2. The molecule has 1 aliphatic carbocycles. The number of carbonyl (C=O) groups is 1. The van der Waals surface area contributed by atoms with E-state index >= 15 is 0 Å². The molecule has 2 aliphatic rings. The van der Waals surface area contributed by atoms with E-state index in [1.807, 2.05) is 42.5 Å². The standard InChI is InChI=1S/C27H25N3O6/c1-35-24-10-8-15(14-25(24)36-2)17-11-20-26(23(32)13-17)27(29-19-6-4-3-5-18(19)28-20)16-7-9-22(31)21(12-16)30(33)34/h3-10,12,14,17,27-29,31H,11,13H2,1-2H3/p-1/t17-,27+/m1/s1. The summed E-state index contributed by atoms with van der Waals surface area (Å²) in [7, 11) is 3.14. The lowest BCUT2D eigenvalue weighted by molar-refractivity contribution is -0.398. The van der Waals surface area contributed by atoms with E-state index in [1.54, 1.807) is 20.3 Å². The Morgan fingerprint density at radius 2 is 1.64 bits per heavy atom. The van der Waals surface area contributed by atoms with Gasteiger partial charge in [0.25, 0.3) is 5.69 Å². The smallest absolute Gasteiger partial charge is 0.262 e. The quantitative estimate of drug-likeness (QED) is 0.394. The molecule has 0 radical (unpaired) electrons. The highest BCUT2D eigenvalue weighted by atomic mass is 16.6. The van der Waals surface area contributed by atoms with Crippen LogP contribution in [0.5, 0.6) is 17.2 Å². The molecule has 0 fully saturated rings. The summed E-state index contributed by atoms with van der Waals surface area (Å²) >= 11 is 0. The number of rotatable bonds is 5. The van der Waals surface area contributed by atoms with E-state index < -0.39 is 22.4 Å². The van der Waals surface area contributed by atoms with Crippen LogP contribution in [0.25, 0.3) is 0 Å². The summed E-state index contributed by atoms with van der Waals surface area (Å²) in [5, 5.41) is 30.3. The van der Waals surface area contributed by atoms with Crippen molar-refractivity contribution in [2.24, 2.45) is 0 Å². The number of para-hydroxylation sites is 2. The van der Waals surface area contributed by atoms with E-state index in [2.05, 4.69) is 10.6 Å². The van der Waals surface area contributed by atoms with Gasteiger partial charge in [-0.3, -0.25) is 14.9 Å². The Morgan fingerprint density at radius 1 is 0.917 bits per heavy atom. The van der Waals surface area contributed by atoms with Crippen LogP contribution in [0.3, 0.4) is 0 Å². The number of hydrogen-bond acceptors (Lipinski definition) is 8. The normalized spacial score (nSPS) is 18.8. The van der Waals surface area contributed by atoms with Gasteiger partial charge in [-0.15, -0.1) is 0 Å². The largest absolute Gasteiger partial charge is 0.868 e. The maximum Gasteiger partial charge on any atom is 0.262 e. The number of carbonyl (C=O) groups excluding carboxylic acids is 1. The predicted molar refractivity (Wildman–Crippen MR) is 133 cm³/mol. The Kier molecular flexibility index (Phi) is 5.97. The van der Waals surface area contributed by atoms with Gasteiger partial charge in [0.05, 0.1) is 36.6 Å². The predicted octanol–water partition coefficient (Wildman–Crippen LogP) is 4.67. The van der Waals surface area contributed by atoms with Crippen LogP contribution in [-0.4, -0.2) is 24.9 Å². The molecule has 0 saturated heterocycles. The van der Waals surface area contributed by atoms with Gasteiger partial charge in [-0.2, -0.15) is 0 Å². The van der Waals surface area contributed by atoms with Crippen LogP contribution in [0.2, 0.25) is 0 Å². The van der Waals surface area contributed by atoms with Gasteiger partial charge >= 0.3 is 0 Å². The van der Waals surface area contributed by atoms with Crippen molar-refractivity contribution in [3.05, 3.63) is 93.2 Å². The maximum atomic E-state index is 13.7. The number of nitrogens with zero attached hydrogens (tertiary/aromatic N) is 1. The molecule has 1 heterocycles. The van der Waals surface area contributed by atoms with Gasteiger partial charge in [-0.25, -0.2) is 0 Å². The van der Waals surface area contributed by atoms with Crippen LogP contribution >= 0.6 is 0 Å². The third kappa shape index (κ3) is 4.08. The number of nitrogens with one attached hydrogen (secondary N) is 2. The molecule has 184 valence electrons. The molecule has 0 bridgehead atoms. The number of methoxy groups -OCH3 is 2. The van der Waals surface area contributed by atoms with E-state index in [4.69, 9.17) is 9.47 Å². The maximum absolute atomic E-state index is 13.7. The van der Waals surface area contributed by atoms with Gasteiger partial charge in [0.15, 0.2) is 17.3 Å². The molecule has 0 unspecified atom stereocenters. The molecule has 3 aromatic rings. The number of ketones is 1. The fraction of sp³-hybridized carbons (Fsp3) is 0.222. The summed E-state index contributed by atoms with van der Waals surface area (Å²) in [6, 6.07) is 16.5. The molecule has 0 amide bonds. The van der Waals surface area contributed by atoms with Crippen molar-refractivity contribution in [3.8, 4) is 17.2 Å². The molecule has 0 aromatic heterocycles. The summed E-state index contributed by atoms with van der Waals surface area (Å²) < 4.78 is 10.8. The highest BCUT2D eigenvalue weighted by molar-refractivity contribution is 6.01. The van der Waals surface area contributed by atoms with E-state index in [-0.39, 0.29) is 18.1 Å². The third-order valence-corrected chi connectivity index (χ3v) is 6.70. The lowest BCUT2D eigenvalue weighted by Gasteiger charge is -2.30. The lowest BCUT2D eigenvalue weighted by atomic mass is 9.78. The minimum absolute atomic E-state index is 0.0808. The first-order valence-electron chi connectivity index (χ1n) is 11.5. The second-order valence-electron chi connectivity index (χ2n) is 8.77. The first-order chi connectivity index (χ1) is 17.4. The molecule has 0 saturated carbocycles. The number of hydrogen-bond donors (Lipinski definition) is 2. The van der Waals surface area contributed by atoms with Crippen LogP contribution in [0, 0.1) is 10.1 Å². The number of Topliss-reactive ketones (excluding diaryl/α,β-unsaturated/α-hetero) is 1. The van der Waals surface area contributed by atoms with Crippen LogP contribution in [0.15, 0.2) is 71.9 Å². The van der Waals surface area contributed by atoms with Crippen LogP contribution < -0.4 is 25.2 Å². The zero-order valence-corrected chi connectivity index (χ0v) is 19.7. The molecule has 3 aromatic carbocycles. The van der Waals surface area contributed by atoms with Gasteiger partial charge in [0, 0.05) is 23.8 Å². The molecule has 9 nitrogen and oxygen atoms in total. The van der Waals surface area contributed by atoms with Crippen molar-refractivity contribution in [1.29, 1.82) is 0 Å². The lowest BCUT2D eigenvalue weighted by Crippen LogP contribution is -2.27. The Balaban J connectivity index is 1.60. The van der Waals surface area contributed by atoms with Crippen molar-refractivity contribution in [2.75, 3.05) is 24.9 Å². The van der Waals surface area contributed by atoms with E-state index in [9.17, 15) is 20.0 Å². The topological polar surface area (TPSA) is 126 Å². The second kappa shape index (κ2) is 9.26. The van der Waals surface area contributed by atoms with E-state index in [0.717, 1.165) is 22.6 Å². The van der Waals surface area contributed by atoms with Gasteiger partial charge in [-0.05, 0) is 53.5 Å². The number of fused-ring (bicyclic) bond motifs is 1. The number of ether oxygens (including phenoxy) is 2. The zero-order chi connectivity index (χ0) is 25.4. The number of nitro groups is 1. The first kappa shape index (κ1) is 23.2. The molecule has 2 atom stereocenters. The highest BCUT2D eigenvalue weighted by Crippen LogP contribution is 2.45. The molecule has 36 heavy (non-hydrogen) atoms. The van der Waals surface area contributed by atoms with Crippen LogP contribution in [-0.2, 0) is 4.79 Å². The fourth-order valence-electron chi connectivity index (χ4n) is 4.94. The van der Waals surface area contributed by atoms with Gasteiger partial charge in [0.2, 0.25) is 0 Å². The minimum Gasteiger partial charge on any atom is -0.868 e. The molecular formula is C27H24N3O6-. The summed E-state index contributed by atoms with van der Waals surface area (Å²) in [6.07, 6.45) is 0.803. The molecule has 9 heteroatoms. The molecule has 5 rings (SSSR count). The monoisotopic (exact) mass is 486 g/mol. The van der Waals surface area contributed by atoms with Gasteiger partial charge < -0.3 is 25.2 Å². The Labute approximate surface area is 207 Å². The van der Waals surface area contributed by atoms with Crippen LogP contribution in [0.4, 0.5) is 17.1 Å². The molecule has 1 aliphatic heterocycles. The number of nitro benzene ring substituents is 1. The molecule has 2 N–H and O–H groups in total. The van der Waals surface area contributed by atoms with Gasteiger partial charge in [-0.1, -0.05) is 30.3 Å². The van der Waals surface area contributed by atoms with Crippen molar-refractivity contribution >= 4 is 22.8 Å². The highest BCUT2D eigenvalue weighted by Gasteiger charge is 2.36. The average Bonchev–Trinajstić information content (AvgIpc) is 3.05. The van der Waals surface area contributed by atoms with Crippen molar-refractivity contribution in [3.63, 3.8) is 0 Å². The van der Waals surface area contributed by atoms with Crippen molar-refractivity contribution < 1.29 is 24.3 Å². The molecule has 0 spiro atoms. The van der Waals surface area contributed by atoms with Gasteiger partial charge in [0.1, 0.15) is 0 Å². The first-order valence-corrected chi connectivity index (χ1v) is 11.5. The van der Waals surface area contributed by atoms with Crippen molar-refractivity contribution in [1.82, 2.24) is 0 Å². The molecular weight excluding hydrogens is 462 g/mol. The summed E-state index contributed by atoms with van der Waals surface area (Å²) in [6.45, 7) is 0. The fourth-order valence-corrected chi connectivity index (χ4v) is 4.94. The average molecular weight is 487 g/mol. The Bertz CT molecular complexity index is 1400. The second-order valence-corrected chi connectivity index (χ2v) is 8.77. The Hall–Kier alpha value is -4.53. The third-order valence-electron chi connectivity index (χ3n) is 6.70. The van der Waals surface area contributed by atoms with E-state index in [0.29, 0.717) is 29.1 Å². The number of allylic oxidation sites excluding steroid dienone is 1. The summed E-state index contributed by atoms with van der Waals surface area (Å²) in [5.41, 5.74) is 3.70. The van der Waals surface area contributed by atoms with E-state index in [1.165, 1.54) is 12.1 Å². The SMILES string of the molecule is COc1ccc([C@H]2CC(=O)C3=C(C2)Nc2ccccc2N[C@H]3c2ccc([O-])c([N+](=O)[O-])c2)cc1OC. The van der Waals surface area contributed by atoms with Crippen LogP contribution in [0.1, 0.15) is 35.9 Å². The number of benzene rings is 3. The summed E-state index contributed by atoms with van der Waals surface area (Å²) in [5.74, 6) is 0.340. The Morgan fingerprint density at radius 3 is 2.36 bits per heavy atom.